The van der Waals surface area contributed by atoms with Crippen LogP contribution in [0, 0.1) is 0 Å². The van der Waals surface area contributed by atoms with Crippen molar-refractivity contribution in [2.24, 2.45) is 5.10 Å². The van der Waals surface area contributed by atoms with Crippen molar-refractivity contribution in [3.8, 4) is 5.75 Å². The first-order valence-electron chi connectivity index (χ1n) is 10.1. The van der Waals surface area contributed by atoms with Gasteiger partial charge in [0.15, 0.2) is 0 Å². The van der Waals surface area contributed by atoms with Crippen LogP contribution in [0.2, 0.25) is 0 Å². The lowest BCUT2D eigenvalue weighted by Gasteiger charge is -2.12. The van der Waals surface area contributed by atoms with Gasteiger partial charge in [-0.3, -0.25) is 4.79 Å². The largest absolute Gasteiger partial charge is 0.422 e. The Kier molecular flexibility index (Phi) is 6.28. The van der Waals surface area contributed by atoms with E-state index >= 15 is 0 Å². The van der Waals surface area contributed by atoms with Gasteiger partial charge < -0.3 is 4.74 Å². The molecule has 4 rings (SSSR count). The summed E-state index contributed by atoms with van der Waals surface area (Å²) in [4.78, 5) is 30.3. The summed E-state index contributed by atoms with van der Waals surface area (Å²) in [6.07, 6.45) is 1.50. The van der Waals surface area contributed by atoms with Crippen molar-refractivity contribution in [2.75, 3.05) is 0 Å². The molecule has 160 valence electrons. The Balaban J connectivity index is 1.76. The summed E-state index contributed by atoms with van der Waals surface area (Å²) in [6.45, 7) is 3.91. The third-order valence-corrected chi connectivity index (χ3v) is 5.28. The van der Waals surface area contributed by atoms with E-state index in [-0.39, 0.29) is 11.5 Å². The predicted octanol–water partition coefficient (Wildman–Crippen LogP) is 5.38. The standard InChI is InChI=1S/C25H20BrN3O3/c1-16(2)23-28-21-11-7-6-10-20(21)24(30)29(23)27-15-18-14-19(26)12-13-22(18)32-25(31)17-8-4-3-5-9-17/h3-16H,1-2H3. The van der Waals surface area contributed by atoms with E-state index in [4.69, 9.17) is 4.74 Å². The van der Waals surface area contributed by atoms with E-state index < -0.39 is 5.97 Å². The van der Waals surface area contributed by atoms with Gasteiger partial charge in [-0.1, -0.05) is 60.1 Å². The molecule has 0 radical (unpaired) electrons. The Hall–Kier alpha value is -3.58. The first-order valence-corrected chi connectivity index (χ1v) is 10.9. The van der Waals surface area contributed by atoms with Gasteiger partial charge in [-0.05, 0) is 42.5 Å². The molecule has 0 aliphatic heterocycles. The summed E-state index contributed by atoms with van der Waals surface area (Å²) in [5.74, 6) is 0.374. The second-order valence-corrected chi connectivity index (χ2v) is 8.36. The molecule has 0 unspecified atom stereocenters. The lowest BCUT2D eigenvalue weighted by atomic mass is 10.2. The smallest absolute Gasteiger partial charge is 0.343 e. The molecule has 0 amide bonds. The third-order valence-electron chi connectivity index (χ3n) is 4.79. The van der Waals surface area contributed by atoms with Crippen LogP contribution in [0.25, 0.3) is 10.9 Å². The lowest BCUT2D eigenvalue weighted by molar-refractivity contribution is 0.0734. The minimum Gasteiger partial charge on any atom is -0.422 e. The van der Waals surface area contributed by atoms with Crippen molar-refractivity contribution in [3.05, 3.63) is 105 Å². The molecule has 3 aromatic carbocycles. The monoisotopic (exact) mass is 489 g/mol. The highest BCUT2D eigenvalue weighted by atomic mass is 79.9. The van der Waals surface area contributed by atoms with Crippen LogP contribution in [0.1, 0.15) is 41.5 Å². The van der Waals surface area contributed by atoms with Crippen molar-refractivity contribution < 1.29 is 9.53 Å². The number of esters is 1. The fraction of sp³-hybridized carbons (Fsp3) is 0.120. The molecule has 0 bridgehead atoms. The van der Waals surface area contributed by atoms with Crippen LogP contribution in [0.4, 0.5) is 0 Å². The van der Waals surface area contributed by atoms with Gasteiger partial charge in [0.05, 0.1) is 22.7 Å². The molecule has 0 saturated heterocycles. The molecule has 7 heteroatoms. The number of hydrogen-bond donors (Lipinski definition) is 0. The summed E-state index contributed by atoms with van der Waals surface area (Å²) in [5.41, 5.74) is 1.36. The molecule has 4 aromatic rings. The number of carbonyl (C=O) groups is 1. The summed E-state index contributed by atoms with van der Waals surface area (Å²) >= 11 is 3.44. The van der Waals surface area contributed by atoms with E-state index in [9.17, 15) is 9.59 Å². The van der Waals surface area contributed by atoms with E-state index in [0.29, 0.717) is 33.6 Å². The molecule has 6 nitrogen and oxygen atoms in total. The lowest BCUT2D eigenvalue weighted by Crippen LogP contribution is -2.23. The van der Waals surface area contributed by atoms with Gasteiger partial charge in [0.25, 0.3) is 5.56 Å². The molecular formula is C25H20BrN3O3. The van der Waals surface area contributed by atoms with Crippen molar-refractivity contribution in [3.63, 3.8) is 0 Å². The maximum atomic E-state index is 13.1. The Labute approximate surface area is 193 Å². The number of carbonyl (C=O) groups excluding carboxylic acids is 1. The maximum absolute atomic E-state index is 13.1. The molecule has 32 heavy (non-hydrogen) atoms. The number of ether oxygens (including phenoxy) is 1. The van der Waals surface area contributed by atoms with E-state index in [1.165, 1.54) is 10.9 Å². The molecule has 0 N–H and O–H groups in total. The summed E-state index contributed by atoms with van der Waals surface area (Å²) in [6, 6.07) is 21.1. The number of fused-ring (bicyclic) bond motifs is 1. The molecule has 0 fully saturated rings. The highest BCUT2D eigenvalue weighted by Gasteiger charge is 2.14. The molecule has 0 aliphatic rings. The summed E-state index contributed by atoms with van der Waals surface area (Å²) in [5, 5.41) is 4.92. The third kappa shape index (κ3) is 4.53. The fourth-order valence-corrected chi connectivity index (χ4v) is 3.57. The zero-order chi connectivity index (χ0) is 22.7. The molecule has 1 aromatic heterocycles. The molecule has 1 heterocycles. The van der Waals surface area contributed by atoms with Crippen molar-refractivity contribution in [1.82, 2.24) is 9.66 Å². The van der Waals surface area contributed by atoms with Gasteiger partial charge in [-0.15, -0.1) is 0 Å². The highest BCUT2D eigenvalue weighted by molar-refractivity contribution is 9.10. The number of para-hydroxylation sites is 1. The van der Waals surface area contributed by atoms with Gasteiger partial charge in [0.1, 0.15) is 11.6 Å². The number of halogens is 1. The van der Waals surface area contributed by atoms with Crippen LogP contribution in [0.15, 0.2) is 87.2 Å². The zero-order valence-electron chi connectivity index (χ0n) is 17.5. The fourth-order valence-electron chi connectivity index (χ4n) is 3.19. The first-order chi connectivity index (χ1) is 15.4. The summed E-state index contributed by atoms with van der Waals surface area (Å²) in [7, 11) is 0. The van der Waals surface area contributed by atoms with E-state index in [1.807, 2.05) is 32.0 Å². The van der Waals surface area contributed by atoms with Crippen LogP contribution in [-0.2, 0) is 0 Å². The van der Waals surface area contributed by atoms with Gasteiger partial charge in [0, 0.05) is 16.0 Å². The Morgan fingerprint density at radius 3 is 2.53 bits per heavy atom. The number of nitrogens with zero attached hydrogens (tertiary/aromatic N) is 3. The minimum absolute atomic E-state index is 0.0256. The van der Waals surface area contributed by atoms with Gasteiger partial charge in [-0.2, -0.15) is 9.78 Å². The molecule has 0 aliphatic carbocycles. The number of benzene rings is 3. The van der Waals surface area contributed by atoms with Gasteiger partial charge in [-0.25, -0.2) is 9.78 Å². The SMILES string of the molecule is CC(C)c1nc2ccccc2c(=O)n1N=Cc1cc(Br)ccc1OC(=O)c1ccccc1. The van der Waals surface area contributed by atoms with E-state index in [2.05, 4.69) is 26.0 Å². The first kappa shape index (κ1) is 21.6. The van der Waals surface area contributed by atoms with Crippen molar-refractivity contribution in [1.29, 1.82) is 0 Å². The Bertz CT molecular complexity index is 1380. The molecule has 0 spiro atoms. The van der Waals surface area contributed by atoms with Crippen LogP contribution in [0.3, 0.4) is 0 Å². The van der Waals surface area contributed by atoms with E-state index in [1.54, 1.807) is 54.6 Å². The van der Waals surface area contributed by atoms with Gasteiger partial charge in [0.2, 0.25) is 0 Å². The molecule has 0 atom stereocenters. The van der Waals surface area contributed by atoms with Crippen LogP contribution < -0.4 is 10.3 Å². The summed E-state index contributed by atoms with van der Waals surface area (Å²) < 4.78 is 7.69. The van der Waals surface area contributed by atoms with Crippen molar-refractivity contribution >= 4 is 39.0 Å². The number of rotatable bonds is 5. The predicted molar refractivity (Wildman–Crippen MR) is 129 cm³/mol. The maximum Gasteiger partial charge on any atom is 0.343 e. The topological polar surface area (TPSA) is 73.6 Å². The van der Waals surface area contributed by atoms with Crippen molar-refractivity contribution in [2.45, 2.75) is 19.8 Å². The minimum atomic E-state index is -0.477. The van der Waals surface area contributed by atoms with Crippen LogP contribution in [0.5, 0.6) is 5.75 Å². The highest BCUT2D eigenvalue weighted by Crippen LogP contribution is 2.23. The van der Waals surface area contributed by atoms with Crippen LogP contribution in [-0.4, -0.2) is 21.8 Å². The number of aromatic nitrogens is 2. The Morgan fingerprint density at radius 2 is 1.78 bits per heavy atom. The zero-order valence-corrected chi connectivity index (χ0v) is 19.1. The van der Waals surface area contributed by atoms with Crippen LogP contribution >= 0.6 is 15.9 Å². The normalized spacial score (nSPS) is 11.4. The molecular weight excluding hydrogens is 470 g/mol. The Morgan fingerprint density at radius 1 is 1.06 bits per heavy atom. The second-order valence-electron chi connectivity index (χ2n) is 7.44. The molecule has 0 saturated carbocycles. The quantitative estimate of drug-likeness (QED) is 0.214. The average molecular weight is 490 g/mol. The second kappa shape index (κ2) is 9.28. The van der Waals surface area contributed by atoms with E-state index in [0.717, 1.165) is 4.47 Å². The average Bonchev–Trinajstić information content (AvgIpc) is 2.80. The number of hydrogen-bond acceptors (Lipinski definition) is 5. The van der Waals surface area contributed by atoms with Gasteiger partial charge >= 0.3 is 5.97 Å².